The van der Waals surface area contributed by atoms with Gasteiger partial charge < -0.3 is 15.2 Å². The molecule has 0 fully saturated rings. The molecule has 1 aliphatic rings. The highest BCUT2D eigenvalue weighted by Gasteiger charge is 2.35. The molecule has 1 aliphatic heterocycles. The number of para-hydroxylation sites is 1. The van der Waals surface area contributed by atoms with Gasteiger partial charge >= 0.3 is 0 Å². The Morgan fingerprint density at radius 2 is 2.13 bits per heavy atom. The second-order valence-corrected chi connectivity index (χ2v) is 5.50. The molecule has 0 saturated carbocycles. The number of benzene rings is 2. The molecule has 0 saturated heterocycles. The molecule has 1 heterocycles. The van der Waals surface area contributed by atoms with Crippen LogP contribution in [0.25, 0.3) is 0 Å². The van der Waals surface area contributed by atoms with E-state index in [9.17, 15) is 9.90 Å². The SMILES string of the molecule is N#Cc1cccc(C(=O)NC[C@@]2(O)CCOc3ccccc32)c1. The van der Waals surface area contributed by atoms with Crippen LogP contribution in [0.4, 0.5) is 0 Å². The van der Waals surface area contributed by atoms with Crippen molar-refractivity contribution in [2.45, 2.75) is 12.0 Å². The first kappa shape index (κ1) is 15.1. The van der Waals surface area contributed by atoms with E-state index < -0.39 is 5.60 Å². The second-order valence-electron chi connectivity index (χ2n) is 5.50. The lowest BCUT2D eigenvalue weighted by Crippen LogP contribution is -2.43. The van der Waals surface area contributed by atoms with Crippen LogP contribution in [0.15, 0.2) is 48.5 Å². The Bertz CT molecular complexity index is 782. The summed E-state index contributed by atoms with van der Waals surface area (Å²) in [4.78, 5) is 12.2. The lowest BCUT2D eigenvalue weighted by molar-refractivity contribution is -0.00160. The number of nitrogens with one attached hydrogen (secondary N) is 1. The van der Waals surface area contributed by atoms with Crippen LogP contribution in [0.1, 0.15) is 27.9 Å². The Labute approximate surface area is 134 Å². The van der Waals surface area contributed by atoms with Crippen LogP contribution < -0.4 is 10.1 Å². The van der Waals surface area contributed by atoms with Crippen molar-refractivity contribution < 1.29 is 14.6 Å². The molecule has 1 atom stereocenters. The van der Waals surface area contributed by atoms with Crippen molar-refractivity contribution in [3.63, 3.8) is 0 Å². The molecule has 2 N–H and O–H groups in total. The molecule has 0 aliphatic carbocycles. The maximum absolute atomic E-state index is 12.2. The number of carbonyl (C=O) groups is 1. The first-order valence-corrected chi connectivity index (χ1v) is 7.35. The van der Waals surface area contributed by atoms with E-state index in [2.05, 4.69) is 5.32 Å². The van der Waals surface area contributed by atoms with Crippen LogP contribution in [0.3, 0.4) is 0 Å². The van der Waals surface area contributed by atoms with Gasteiger partial charge in [0.2, 0.25) is 0 Å². The van der Waals surface area contributed by atoms with Crippen molar-refractivity contribution >= 4 is 5.91 Å². The normalized spacial score (nSPS) is 19.1. The fourth-order valence-corrected chi connectivity index (χ4v) is 2.68. The molecular weight excluding hydrogens is 292 g/mol. The number of nitrogens with zero attached hydrogens (tertiary/aromatic N) is 1. The van der Waals surface area contributed by atoms with Crippen molar-refractivity contribution in [2.75, 3.05) is 13.2 Å². The molecule has 3 rings (SSSR count). The van der Waals surface area contributed by atoms with E-state index in [0.29, 0.717) is 35.5 Å². The summed E-state index contributed by atoms with van der Waals surface area (Å²) in [5.74, 6) is 0.321. The zero-order chi connectivity index (χ0) is 16.3. The van der Waals surface area contributed by atoms with Crippen LogP contribution in [-0.4, -0.2) is 24.2 Å². The summed E-state index contributed by atoms with van der Waals surface area (Å²) < 4.78 is 5.53. The average molecular weight is 308 g/mol. The fourth-order valence-electron chi connectivity index (χ4n) is 2.68. The highest BCUT2D eigenvalue weighted by atomic mass is 16.5. The standard InChI is InChI=1S/C18H16N2O3/c19-11-13-4-3-5-14(10-13)17(21)20-12-18(22)8-9-23-16-7-2-1-6-15(16)18/h1-7,10,22H,8-9,12H2,(H,20,21)/t18-/m0/s1. The molecule has 0 aromatic heterocycles. The van der Waals surface area contributed by atoms with E-state index >= 15 is 0 Å². The molecule has 2 aromatic carbocycles. The monoisotopic (exact) mass is 308 g/mol. The summed E-state index contributed by atoms with van der Waals surface area (Å²) >= 11 is 0. The van der Waals surface area contributed by atoms with Gasteiger partial charge in [0.1, 0.15) is 11.4 Å². The third-order valence-electron chi connectivity index (χ3n) is 3.96. The Morgan fingerprint density at radius 3 is 2.96 bits per heavy atom. The number of hydrogen-bond acceptors (Lipinski definition) is 4. The number of aliphatic hydroxyl groups is 1. The van der Waals surface area contributed by atoms with Crippen molar-refractivity contribution in [3.05, 3.63) is 65.2 Å². The van der Waals surface area contributed by atoms with E-state index in [1.54, 1.807) is 30.3 Å². The smallest absolute Gasteiger partial charge is 0.251 e. The number of nitriles is 1. The molecule has 2 aromatic rings. The minimum absolute atomic E-state index is 0.0863. The van der Waals surface area contributed by atoms with E-state index in [4.69, 9.17) is 10.00 Å². The van der Waals surface area contributed by atoms with Gasteiger partial charge in [-0.1, -0.05) is 24.3 Å². The zero-order valence-electron chi connectivity index (χ0n) is 12.5. The highest BCUT2D eigenvalue weighted by Crippen LogP contribution is 2.36. The largest absolute Gasteiger partial charge is 0.493 e. The van der Waals surface area contributed by atoms with Crippen LogP contribution in [0.2, 0.25) is 0 Å². The molecule has 0 bridgehead atoms. The van der Waals surface area contributed by atoms with Crippen LogP contribution in [-0.2, 0) is 5.60 Å². The summed E-state index contributed by atoms with van der Waals surface area (Å²) in [5.41, 5.74) is 0.343. The molecule has 0 unspecified atom stereocenters. The first-order chi connectivity index (χ1) is 11.1. The summed E-state index contributed by atoms with van der Waals surface area (Å²) in [5, 5.41) is 22.5. The Balaban J connectivity index is 1.75. The second kappa shape index (κ2) is 6.11. The third kappa shape index (κ3) is 3.03. The molecule has 5 nitrogen and oxygen atoms in total. The molecule has 23 heavy (non-hydrogen) atoms. The molecular formula is C18H16N2O3. The summed E-state index contributed by atoms with van der Waals surface area (Å²) in [7, 11) is 0. The minimum atomic E-state index is -1.16. The number of rotatable bonds is 3. The average Bonchev–Trinajstić information content (AvgIpc) is 2.60. The molecule has 0 spiro atoms. The van der Waals surface area contributed by atoms with Gasteiger partial charge in [-0.3, -0.25) is 4.79 Å². The summed E-state index contributed by atoms with van der Waals surface area (Å²) in [6, 6.07) is 15.7. The molecule has 0 radical (unpaired) electrons. The minimum Gasteiger partial charge on any atom is -0.493 e. The zero-order valence-corrected chi connectivity index (χ0v) is 12.5. The van der Waals surface area contributed by atoms with E-state index in [-0.39, 0.29) is 12.5 Å². The van der Waals surface area contributed by atoms with Gasteiger partial charge in [-0.05, 0) is 24.3 Å². The Hall–Kier alpha value is -2.84. The van der Waals surface area contributed by atoms with Gasteiger partial charge in [-0.2, -0.15) is 5.26 Å². The number of amides is 1. The number of carbonyl (C=O) groups excluding carboxylic acids is 1. The van der Waals surface area contributed by atoms with Gasteiger partial charge in [0, 0.05) is 17.5 Å². The van der Waals surface area contributed by atoms with E-state index in [1.807, 2.05) is 18.2 Å². The topological polar surface area (TPSA) is 82.4 Å². The maximum Gasteiger partial charge on any atom is 0.251 e. The van der Waals surface area contributed by atoms with Crippen molar-refractivity contribution in [3.8, 4) is 11.8 Å². The van der Waals surface area contributed by atoms with E-state index in [1.165, 1.54) is 6.07 Å². The summed E-state index contributed by atoms with van der Waals surface area (Å²) in [6.45, 7) is 0.482. The number of ether oxygens (including phenoxy) is 1. The molecule has 5 heteroatoms. The lowest BCUT2D eigenvalue weighted by atomic mass is 9.88. The van der Waals surface area contributed by atoms with Gasteiger partial charge in [0.15, 0.2) is 0 Å². The maximum atomic E-state index is 12.2. The van der Waals surface area contributed by atoms with Gasteiger partial charge in [0.05, 0.1) is 24.8 Å². The lowest BCUT2D eigenvalue weighted by Gasteiger charge is -2.34. The number of fused-ring (bicyclic) bond motifs is 1. The predicted octanol–water partition coefficient (Wildman–Crippen LogP) is 1.96. The Morgan fingerprint density at radius 1 is 1.30 bits per heavy atom. The number of hydrogen-bond donors (Lipinski definition) is 2. The van der Waals surface area contributed by atoms with Gasteiger partial charge in [-0.15, -0.1) is 0 Å². The van der Waals surface area contributed by atoms with Crippen LogP contribution >= 0.6 is 0 Å². The molecule has 1 amide bonds. The van der Waals surface area contributed by atoms with E-state index in [0.717, 1.165) is 0 Å². The van der Waals surface area contributed by atoms with Crippen molar-refractivity contribution in [1.29, 1.82) is 5.26 Å². The summed E-state index contributed by atoms with van der Waals surface area (Å²) in [6.07, 6.45) is 0.405. The van der Waals surface area contributed by atoms with Crippen molar-refractivity contribution in [1.82, 2.24) is 5.32 Å². The van der Waals surface area contributed by atoms with Crippen LogP contribution in [0, 0.1) is 11.3 Å². The van der Waals surface area contributed by atoms with Gasteiger partial charge in [-0.25, -0.2) is 0 Å². The Kier molecular flexibility index (Phi) is 4.00. The first-order valence-electron chi connectivity index (χ1n) is 7.35. The third-order valence-corrected chi connectivity index (χ3v) is 3.96. The molecule has 116 valence electrons. The quantitative estimate of drug-likeness (QED) is 0.908. The predicted molar refractivity (Wildman–Crippen MR) is 83.9 cm³/mol. The van der Waals surface area contributed by atoms with Crippen LogP contribution in [0.5, 0.6) is 5.75 Å². The highest BCUT2D eigenvalue weighted by molar-refractivity contribution is 5.94. The van der Waals surface area contributed by atoms with Crippen molar-refractivity contribution in [2.24, 2.45) is 0 Å². The fraction of sp³-hybridized carbons (Fsp3) is 0.222. The van der Waals surface area contributed by atoms with Gasteiger partial charge in [0.25, 0.3) is 5.91 Å².